The molecule has 0 fully saturated rings. The second-order valence-electron chi connectivity index (χ2n) is 6.79. The first-order valence-electron chi connectivity index (χ1n) is 8.89. The van der Waals surface area contributed by atoms with Gasteiger partial charge in [0.15, 0.2) is 0 Å². The van der Waals surface area contributed by atoms with Gasteiger partial charge < -0.3 is 10.2 Å². The summed E-state index contributed by atoms with van der Waals surface area (Å²) >= 11 is 0. The number of halogens is 1. The van der Waals surface area contributed by atoms with Gasteiger partial charge in [-0.3, -0.25) is 0 Å². The van der Waals surface area contributed by atoms with E-state index in [0.29, 0.717) is 18.7 Å². The smallest absolute Gasteiger partial charge is 0.127 e. The number of hydrogen-bond acceptors (Lipinski definition) is 2. The summed E-state index contributed by atoms with van der Waals surface area (Å²) in [5.41, 5.74) is 5.62. The predicted molar refractivity (Wildman–Crippen MR) is 106 cm³/mol. The van der Waals surface area contributed by atoms with E-state index in [9.17, 15) is 4.39 Å². The number of nitrogens with one attached hydrogen (secondary N) is 1. The normalized spacial score (nSPS) is 11.1. The maximum absolute atomic E-state index is 13.7. The van der Waals surface area contributed by atoms with E-state index >= 15 is 0 Å². The van der Waals surface area contributed by atoms with Gasteiger partial charge in [0.2, 0.25) is 0 Å². The molecule has 26 heavy (non-hydrogen) atoms. The maximum Gasteiger partial charge on any atom is 0.127 e. The van der Waals surface area contributed by atoms with Crippen LogP contribution in [0.1, 0.15) is 16.7 Å². The Bertz CT molecular complexity index is 841. The lowest BCUT2D eigenvalue weighted by molar-refractivity contribution is 0.402. The summed E-state index contributed by atoms with van der Waals surface area (Å²) in [7, 11) is 4.15. The molecule has 0 saturated carbocycles. The fraction of sp³-hybridized carbons (Fsp3) is 0.217. The van der Waals surface area contributed by atoms with E-state index in [1.54, 1.807) is 6.07 Å². The molecule has 0 radical (unpaired) electrons. The fourth-order valence-corrected chi connectivity index (χ4v) is 3.08. The molecule has 0 aromatic heterocycles. The molecule has 0 spiro atoms. The van der Waals surface area contributed by atoms with Crippen LogP contribution in [-0.4, -0.2) is 19.0 Å². The Labute approximate surface area is 155 Å². The molecular formula is C23H25FN2. The Morgan fingerprint density at radius 3 is 2.08 bits per heavy atom. The number of hydrogen-bond donors (Lipinski definition) is 1. The van der Waals surface area contributed by atoms with Crippen LogP contribution in [0, 0.1) is 5.82 Å². The minimum absolute atomic E-state index is 0.162. The van der Waals surface area contributed by atoms with Crippen LogP contribution in [0.15, 0.2) is 72.8 Å². The zero-order chi connectivity index (χ0) is 18.4. The molecule has 134 valence electrons. The highest BCUT2D eigenvalue weighted by atomic mass is 19.1. The van der Waals surface area contributed by atoms with Crippen LogP contribution in [0.4, 0.5) is 4.39 Å². The van der Waals surface area contributed by atoms with Crippen molar-refractivity contribution in [3.05, 3.63) is 95.3 Å². The van der Waals surface area contributed by atoms with Gasteiger partial charge in [-0.05, 0) is 42.4 Å². The van der Waals surface area contributed by atoms with E-state index in [1.165, 1.54) is 28.3 Å². The molecule has 0 bridgehead atoms. The number of nitrogens with zero attached hydrogens (tertiary/aromatic N) is 1. The van der Waals surface area contributed by atoms with Crippen molar-refractivity contribution in [1.29, 1.82) is 0 Å². The van der Waals surface area contributed by atoms with Gasteiger partial charge in [-0.2, -0.15) is 0 Å². The van der Waals surface area contributed by atoms with Crippen LogP contribution >= 0.6 is 0 Å². The van der Waals surface area contributed by atoms with Crippen LogP contribution in [-0.2, 0) is 19.6 Å². The number of rotatable bonds is 7. The Hall–Kier alpha value is -2.49. The molecule has 1 N–H and O–H groups in total. The Morgan fingerprint density at radius 2 is 1.38 bits per heavy atom. The van der Waals surface area contributed by atoms with Crippen LogP contribution in [0.25, 0.3) is 11.1 Å². The van der Waals surface area contributed by atoms with Gasteiger partial charge >= 0.3 is 0 Å². The first kappa shape index (κ1) is 18.3. The largest absolute Gasteiger partial charge is 0.308 e. The molecule has 0 aliphatic carbocycles. The Kier molecular flexibility index (Phi) is 6.16. The van der Waals surface area contributed by atoms with Crippen molar-refractivity contribution in [3.63, 3.8) is 0 Å². The van der Waals surface area contributed by atoms with E-state index in [-0.39, 0.29) is 5.82 Å². The van der Waals surface area contributed by atoms with E-state index in [4.69, 9.17) is 0 Å². The predicted octanol–water partition coefficient (Wildman–Crippen LogP) is 4.84. The summed E-state index contributed by atoms with van der Waals surface area (Å²) in [4.78, 5) is 2.16. The van der Waals surface area contributed by atoms with Gasteiger partial charge in [0.05, 0.1) is 0 Å². The van der Waals surface area contributed by atoms with Gasteiger partial charge in [0, 0.05) is 25.2 Å². The van der Waals surface area contributed by atoms with Crippen molar-refractivity contribution in [1.82, 2.24) is 10.2 Å². The lowest BCUT2D eigenvalue weighted by Crippen LogP contribution is -2.14. The fourth-order valence-electron chi connectivity index (χ4n) is 3.08. The zero-order valence-corrected chi connectivity index (χ0v) is 15.4. The van der Waals surface area contributed by atoms with Crippen molar-refractivity contribution >= 4 is 0 Å². The molecule has 0 amide bonds. The number of benzene rings is 3. The highest BCUT2D eigenvalue weighted by Crippen LogP contribution is 2.24. The molecule has 2 nitrogen and oxygen atoms in total. The van der Waals surface area contributed by atoms with Gasteiger partial charge in [-0.25, -0.2) is 4.39 Å². The zero-order valence-electron chi connectivity index (χ0n) is 15.4. The molecule has 0 aliphatic rings. The first-order valence-corrected chi connectivity index (χ1v) is 8.89. The van der Waals surface area contributed by atoms with E-state index in [2.05, 4.69) is 66.8 Å². The van der Waals surface area contributed by atoms with Crippen molar-refractivity contribution in [3.8, 4) is 11.1 Å². The molecular weight excluding hydrogens is 323 g/mol. The summed E-state index contributed by atoms with van der Waals surface area (Å²) in [5.74, 6) is -0.162. The van der Waals surface area contributed by atoms with E-state index < -0.39 is 0 Å². The topological polar surface area (TPSA) is 15.3 Å². The first-order chi connectivity index (χ1) is 12.6. The molecule has 0 atom stereocenters. The lowest BCUT2D eigenvalue weighted by atomic mass is 9.98. The lowest BCUT2D eigenvalue weighted by Gasteiger charge is -2.13. The second-order valence-corrected chi connectivity index (χ2v) is 6.79. The van der Waals surface area contributed by atoms with Crippen molar-refractivity contribution in [2.45, 2.75) is 19.6 Å². The van der Waals surface area contributed by atoms with Crippen LogP contribution < -0.4 is 5.32 Å². The summed E-state index contributed by atoms with van der Waals surface area (Å²) in [5, 5.41) is 3.36. The summed E-state index contributed by atoms with van der Waals surface area (Å²) < 4.78 is 13.7. The van der Waals surface area contributed by atoms with Crippen LogP contribution in [0.5, 0.6) is 0 Å². The van der Waals surface area contributed by atoms with E-state index in [0.717, 1.165) is 6.54 Å². The molecule has 0 unspecified atom stereocenters. The molecule has 0 saturated heterocycles. The third-order valence-corrected chi connectivity index (χ3v) is 4.37. The molecule has 0 aliphatic heterocycles. The maximum atomic E-state index is 13.7. The monoisotopic (exact) mass is 348 g/mol. The molecule has 3 aromatic carbocycles. The van der Waals surface area contributed by atoms with Crippen molar-refractivity contribution in [2.24, 2.45) is 0 Å². The van der Waals surface area contributed by atoms with Crippen LogP contribution in [0.2, 0.25) is 0 Å². The summed E-state index contributed by atoms with van der Waals surface area (Å²) in [6, 6.07) is 24.0. The highest BCUT2D eigenvalue weighted by Gasteiger charge is 2.06. The molecule has 0 heterocycles. The minimum Gasteiger partial charge on any atom is -0.308 e. The van der Waals surface area contributed by atoms with Gasteiger partial charge in [-0.1, -0.05) is 66.7 Å². The Morgan fingerprint density at radius 1 is 0.769 bits per heavy atom. The minimum atomic E-state index is -0.162. The van der Waals surface area contributed by atoms with Crippen molar-refractivity contribution < 1.29 is 4.39 Å². The summed E-state index contributed by atoms with van der Waals surface area (Å²) in [6.45, 7) is 2.15. The van der Waals surface area contributed by atoms with Crippen molar-refractivity contribution in [2.75, 3.05) is 14.1 Å². The van der Waals surface area contributed by atoms with Gasteiger partial charge in [-0.15, -0.1) is 0 Å². The SMILES string of the molecule is CN(C)Cc1ccc(-c2ccccc2CNCc2ccccc2F)cc1. The van der Waals surface area contributed by atoms with Gasteiger partial charge in [0.1, 0.15) is 5.82 Å². The molecule has 3 heteroatoms. The molecule has 3 aromatic rings. The standard InChI is InChI=1S/C23H25FN2/c1-26(2)17-18-11-13-19(14-12-18)22-9-5-3-7-20(22)15-25-16-21-8-4-6-10-23(21)24/h3-14,25H,15-17H2,1-2H3. The average molecular weight is 348 g/mol. The second kappa shape index (κ2) is 8.75. The average Bonchev–Trinajstić information content (AvgIpc) is 2.64. The summed E-state index contributed by atoms with van der Waals surface area (Å²) in [6.07, 6.45) is 0. The quantitative estimate of drug-likeness (QED) is 0.657. The highest BCUT2D eigenvalue weighted by molar-refractivity contribution is 5.67. The van der Waals surface area contributed by atoms with Gasteiger partial charge in [0.25, 0.3) is 0 Å². The third-order valence-electron chi connectivity index (χ3n) is 4.37. The third kappa shape index (κ3) is 4.78. The van der Waals surface area contributed by atoms with Crippen LogP contribution in [0.3, 0.4) is 0 Å². The molecule has 3 rings (SSSR count). The van der Waals surface area contributed by atoms with E-state index in [1.807, 2.05) is 18.2 Å². The Balaban J connectivity index is 1.71.